The Labute approximate surface area is 223 Å². The van der Waals surface area contributed by atoms with Crippen LogP contribution in [0.3, 0.4) is 0 Å². The Morgan fingerprint density at radius 2 is 1.86 bits per heavy atom. The van der Waals surface area contributed by atoms with Crippen LogP contribution in [0.5, 0.6) is 5.75 Å². The molecule has 11 heteroatoms. The fraction of sp³-hybridized carbons (Fsp3) is 0.480. The number of methoxy groups -OCH3 is 1. The third kappa shape index (κ3) is 7.26. The number of benzene rings is 2. The molecule has 36 heavy (non-hydrogen) atoms. The molecule has 1 atom stereocenters. The molecule has 198 valence electrons. The Balaban J connectivity index is 1.98. The van der Waals surface area contributed by atoms with Gasteiger partial charge >= 0.3 is 10.1 Å². The van der Waals surface area contributed by atoms with Crippen molar-refractivity contribution >= 4 is 44.9 Å². The quantitative estimate of drug-likeness (QED) is 0.347. The minimum Gasteiger partial charge on any atom is -0.379 e. The molecule has 1 aliphatic heterocycles. The highest BCUT2D eigenvalue weighted by molar-refractivity contribution is 7.87. The van der Waals surface area contributed by atoms with E-state index in [1.54, 1.807) is 17.0 Å². The van der Waals surface area contributed by atoms with Gasteiger partial charge in [-0.15, -0.1) is 0 Å². The maximum atomic E-state index is 13.2. The molecule has 0 aliphatic carbocycles. The number of nitrogens with zero attached hydrogens (tertiary/aromatic N) is 2. The number of carbonyl (C=O) groups is 1. The first-order chi connectivity index (χ1) is 17.2. The zero-order valence-electron chi connectivity index (χ0n) is 20.7. The maximum Gasteiger partial charge on any atom is 0.339 e. The molecule has 0 saturated carbocycles. The predicted molar refractivity (Wildman–Crippen MR) is 141 cm³/mol. The van der Waals surface area contributed by atoms with E-state index in [1.165, 1.54) is 25.3 Å². The summed E-state index contributed by atoms with van der Waals surface area (Å²) < 4.78 is 42.8. The lowest BCUT2D eigenvalue weighted by atomic mass is 10.1. The Morgan fingerprint density at radius 1 is 1.11 bits per heavy atom. The van der Waals surface area contributed by atoms with Crippen LogP contribution in [-0.4, -0.2) is 65.3 Å². The van der Waals surface area contributed by atoms with Crippen LogP contribution in [0.25, 0.3) is 0 Å². The highest BCUT2D eigenvalue weighted by atomic mass is 35.5. The topological polar surface area (TPSA) is 85.4 Å². The molecule has 0 spiro atoms. The van der Waals surface area contributed by atoms with Crippen molar-refractivity contribution in [1.29, 1.82) is 0 Å². The number of hydrogen-bond donors (Lipinski definition) is 0. The molecule has 1 amide bonds. The summed E-state index contributed by atoms with van der Waals surface area (Å²) in [5, 5.41) is 0.340. The summed E-state index contributed by atoms with van der Waals surface area (Å²) in [6.45, 7) is 6.55. The Bertz CT molecular complexity index is 1150. The van der Waals surface area contributed by atoms with Crippen LogP contribution in [0.2, 0.25) is 10.0 Å². The van der Waals surface area contributed by atoms with Crippen molar-refractivity contribution in [3.63, 3.8) is 0 Å². The maximum absolute atomic E-state index is 13.2. The van der Waals surface area contributed by atoms with E-state index < -0.39 is 10.1 Å². The van der Waals surface area contributed by atoms with Crippen molar-refractivity contribution in [3.8, 4) is 5.75 Å². The summed E-state index contributed by atoms with van der Waals surface area (Å²) in [5.74, 6) is -0.0906. The summed E-state index contributed by atoms with van der Waals surface area (Å²) in [5.41, 5.74) is 1.34. The number of halogens is 2. The van der Waals surface area contributed by atoms with Gasteiger partial charge in [-0.25, -0.2) is 0 Å². The molecule has 1 fully saturated rings. The van der Waals surface area contributed by atoms with Gasteiger partial charge < -0.3 is 23.5 Å². The molecule has 1 aliphatic rings. The van der Waals surface area contributed by atoms with Crippen LogP contribution in [0.15, 0.2) is 41.3 Å². The third-order valence-electron chi connectivity index (χ3n) is 5.99. The number of hydrogen-bond acceptors (Lipinski definition) is 7. The average molecular weight is 560 g/mol. The van der Waals surface area contributed by atoms with Gasteiger partial charge in [-0.3, -0.25) is 4.79 Å². The number of amides is 1. The van der Waals surface area contributed by atoms with Gasteiger partial charge in [0, 0.05) is 57.2 Å². The second-order valence-corrected chi connectivity index (χ2v) is 10.8. The predicted octanol–water partition coefficient (Wildman–Crippen LogP) is 4.76. The molecule has 0 bridgehead atoms. The molecule has 8 nitrogen and oxygen atoms in total. The molecular formula is C25H32Cl2N2O6S. The lowest BCUT2D eigenvalue weighted by molar-refractivity contribution is -0.137. The van der Waals surface area contributed by atoms with Gasteiger partial charge in [0.1, 0.15) is 17.3 Å². The van der Waals surface area contributed by atoms with Crippen LogP contribution >= 0.6 is 23.2 Å². The SMILES string of the molecule is CCN(CC)c1ccc(CN(C[C@H]2CCCO2)C(=O)COC)c(OS(=O)(=O)c2ccc(Cl)c(Cl)c2)c1. The van der Waals surface area contributed by atoms with Gasteiger partial charge in [0.2, 0.25) is 5.91 Å². The zero-order valence-corrected chi connectivity index (χ0v) is 23.0. The zero-order chi connectivity index (χ0) is 26.3. The van der Waals surface area contributed by atoms with E-state index in [1.807, 2.05) is 19.9 Å². The Hall–Kier alpha value is -2.04. The average Bonchev–Trinajstić information content (AvgIpc) is 3.35. The van der Waals surface area contributed by atoms with Crippen molar-refractivity contribution in [2.45, 2.75) is 44.2 Å². The number of carbonyl (C=O) groups excluding carboxylic acids is 1. The van der Waals surface area contributed by atoms with E-state index in [0.717, 1.165) is 31.6 Å². The normalized spacial score (nSPS) is 15.6. The minimum atomic E-state index is -4.23. The lowest BCUT2D eigenvalue weighted by Gasteiger charge is -2.27. The van der Waals surface area contributed by atoms with Gasteiger partial charge in [0.05, 0.1) is 16.1 Å². The summed E-state index contributed by atoms with van der Waals surface area (Å²) in [4.78, 5) is 16.4. The second kappa shape index (κ2) is 13.0. The van der Waals surface area contributed by atoms with Crippen LogP contribution < -0.4 is 9.08 Å². The molecule has 2 aromatic carbocycles. The van der Waals surface area contributed by atoms with Gasteiger partial charge in [-0.05, 0) is 51.0 Å². The standard InChI is InChI=1S/C25H32Cl2N2O6S/c1-4-28(5-2)19-9-8-18(15-29(25(30)17-33-3)16-20-7-6-12-34-20)24(13-19)35-36(31,32)21-10-11-22(26)23(27)14-21/h8-11,13-14,20H,4-7,12,15-17H2,1-3H3/t20-/m1/s1. The minimum absolute atomic E-state index is 0.0786. The van der Waals surface area contributed by atoms with Crippen molar-refractivity contribution in [2.24, 2.45) is 0 Å². The fourth-order valence-electron chi connectivity index (χ4n) is 4.04. The highest BCUT2D eigenvalue weighted by Crippen LogP contribution is 2.32. The van der Waals surface area contributed by atoms with E-state index in [0.29, 0.717) is 18.7 Å². The van der Waals surface area contributed by atoms with Gasteiger partial charge in [0.25, 0.3) is 0 Å². The first-order valence-corrected chi connectivity index (χ1v) is 14.0. The third-order valence-corrected chi connectivity index (χ3v) is 7.96. The van der Waals surface area contributed by atoms with Crippen molar-refractivity contribution in [2.75, 3.05) is 44.9 Å². The smallest absolute Gasteiger partial charge is 0.339 e. The largest absolute Gasteiger partial charge is 0.379 e. The number of anilines is 1. The van der Waals surface area contributed by atoms with Crippen molar-refractivity contribution in [1.82, 2.24) is 4.90 Å². The molecule has 0 aromatic heterocycles. The number of ether oxygens (including phenoxy) is 2. The first-order valence-electron chi connectivity index (χ1n) is 11.8. The van der Waals surface area contributed by atoms with E-state index in [9.17, 15) is 13.2 Å². The van der Waals surface area contributed by atoms with E-state index in [2.05, 4.69) is 4.90 Å². The summed E-state index contributed by atoms with van der Waals surface area (Å²) in [7, 11) is -2.78. The molecule has 3 rings (SSSR count). The lowest BCUT2D eigenvalue weighted by Crippen LogP contribution is -2.39. The number of rotatable bonds is 12. The highest BCUT2D eigenvalue weighted by Gasteiger charge is 2.26. The monoisotopic (exact) mass is 558 g/mol. The Kier molecular flexibility index (Phi) is 10.3. The summed E-state index contributed by atoms with van der Waals surface area (Å²) in [6, 6.07) is 9.35. The second-order valence-electron chi connectivity index (χ2n) is 8.42. The van der Waals surface area contributed by atoms with E-state index >= 15 is 0 Å². The molecule has 0 radical (unpaired) electrons. The molecule has 1 saturated heterocycles. The van der Waals surface area contributed by atoms with E-state index in [-0.39, 0.29) is 45.9 Å². The van der Waals surface area contributed by atoms with Gasteiger partial charge in [0.15, 0.2) is 0 Å². The van der Waals surface area contributed by atoms with Crippen LogP contribution in [0.1, 0.15) is 32.3 Å². The molecular weight excluding hydrogens is 527 g/mol. The fourth-order valence-corrected chi connectivity index (χ4v) is 5.39. The van der Waals surface area contributed by atoms with Crippen LogP contribution in [-0.2, 0) is 30.9 Å². The van der Waals surface area contributed by atoms with Gasteiger partial charge in [-0.2, -0.15) is 8.42 Å². The molecule has 0 N–H and O–H groups in total. The van der Waals surface area contributed by atoms with Crippen molar-refractivity contribution < 1.29 is 26.9 Å². The van der Waals surface area contributed by atoms with Crippen LogP contribution in [0.4, 0.5) is 5.69 Å². The summed E-state index contributed by atoms with van der Waals surface area (Å²) in [6.07, 6.45) is 1.71. The van der Waals surface area contributed by atoms with Gasteiger partial charge in [-0.1, -0.05) is 29.3 Å². The molecule has 2 aromatic rings. The Morgan fingerprint density at radius 3 is 2.47 bits per heavy atom. The molecule has 0 unspecified atom stereocenters. The summed E-state index contributed by atoms with van der Waals surface area (Å²) >= 11 is 12.0. The van der Waals surface area contributed by atoms with E-state index in [4.69, 9.17) is 36.9 Å². The first kappa shape index (κ1) is 28.5. The van der Waals surface area contributed by atoms with Crippen LogP contribution in [0, 0.1) is 0 Å². The molecule has 1 heterocycles. The van der Waals surface area contributed by atoms with Crippen molar-refractivity contribution in [3.05, 3.63) is 52.0 Å².